The molecular weight excluding hydrogens is 414 g/mol. The van der Waals surface area contributed by atoms with Crippen molar-refractivity contribution in [2.45, 2.75) is 19.1 Å². The molecule has 1 fully saturated rings. The molecule has 31 heavy (non-hydrogen) atoms. The van der Waals surface area contributed by atoms with Crippen molar-refractivity contribution in [3.8, 4) is 0 Å². The Hall–Kier alpha value is -2.94. The second-order valence-electron chi connectivity index (χ2n) is 7.36. The molecule has 166 valence electrons. The highest BCUT2D eigenvalue weighted by molar-refractivity contribution is 5.94. The van der Waals surface area contributed by atoms with Gasteiger partial charge >= 0.3 is 6.18 Å². The second-order valence-corrected chi connectivity index (χ2v) is 7.36. The number of hydrogen-bond donors (Lipinski definition) is 1. The van der Waals surface area contributed by atoms with Crippen molar-refractivity contribution < 1.29 is 27.2 Å². The summed E-state index contributed by atoms with van der Waals surface area (Å²) in [5.41, 5.74) is 0.646. The van der Waals surface area contributed by atoms with Crippen LogP contribution in [0.25, 0.3) is 0 Å². The van der Waals surface area contributed by atoms with Gasteiger partial charge in [-0.2, -0.15) is 13.2 Å². The first-order chi connectivity index (χ1) is 14.7. The van der Waals surface area contributed by atoms with Gasteiger partial charge in [-0.15, -0.1) is 0 Å². The zero-order valence-electron chi connectivity index (χ0n) is 17.0. The summed E-state index contributed by atoms with van der Waals surface area (Å²) in [6.07, 6.45) is -4.54. The van der Waals surface area contributed by atoms with Crippen LogP contribution in [-0.2, 0) is 4.79 Å². The molecule has 0 radical (unpaired) electrons. The molecule has 1 aliphatic heterocycles. The molecule has 5 nitrogen and oxygen atoms in total. The molecule has 3 rings (SSSR count). The van der Waals surface area contributed by atoms with E-state index in [4.69, 9.17) is 0 Å². The molecule has 1 heterocycles. The highest BCUT2D eigenvalue weighted by atomic mass is 19.4. The molecule has 0 bridgehead atoms. The zero-order chi connectivity index (χ0) is 22.6. The second kappa shape index (κ2) is 9.47. The van der Waals surface area contributed by atoms with Gasteiger partial charge in [-0.05, 0) is 30.7 Å². The van der Waals surface area contributed by atoms with Crippen LogP contribution < -0.4 is 10.2 Å². The number of rotatable bonds is 6. The fraction of sp³-hybridized carbons (Fsp3) is 0.364. The van der Waals surface area contributed by atoms with Crippen molar-refractivity contribution in [2.75, 3.05) is 37.6 Å². The lowest BCUT2D eigenvalue weighted by Gasteiger charge is -2.36. The van der Waals surface area contributed by atoms with E-state index in [1.807, 2.05) is 0 Å². The number of nitrogens with zero attached hydrogens (tertiary/aromatic N) is 2. The fourth-order valence-electron chi connectivity index (χ4n) is 3.55. The van der Waals surface area contributed by atoms with Crippen molar-refractivity contribution in [3.05, 3.63) is 65.5 Å². The summed E-state index contributed by atoms with van der Waals surface area (Å²) in [6, 6.07) is 9.69. The van der Waals surface area contributed by atoms with E-state index < -0.39 is 30.5 Å². The van der Waals surface area contributed by atoms with E-state index in [0.29, 0.717) is 18.8 Å². The van der Waals surface area contributed by atoms with Gasteiger partial charge in [-0.3, -0.25) is 14.9 Å². The van der Waals surface area contributed by atoms with E-state index in [2.05, 4.69) is 5.32 Å². The molecule has 0 saturated carbocycles. The molecule has 1 unspecified atom stereocenters. The number of hydrogen-bond acceptors (Lipinski definition) is 4. The molecule has 1 amide bonds. The summed E-state index contributed by atoms with van der Waals surface area (Å²) < 4.78 is 54.6. The minimum Gasteiger partial charge on any atom is -0.366 e. The number of anilines is 1. The van der Waals surface area contributed by atoms with Gasteiger partial charge in [0.05, 0.1) is 12.2 Å². The largest absolute Gasteiger partial charge is 0.407 e. The summed E-state index contributed by atoms with van der Waals surface area (Å²) in [6.45, 7) is 2.09. The van der Waals surface area contributed by atoms with Crippen LogP contribution in [0.4, 0.5) is 23.2 Å². The Labute approximate surface area is 177 Å². The first-order valence-corrected chi connectivity index (χ1v) is 9.85. The van der Waals surface area contributed by atoms with Gasteiger partial charge in [0.1, 0.15) is 11.9 Å². The van der Waals surface area contributed by atoms with Crippen LogP contribution in [-0.4, -0.2) is 55.5 Å². The Bertz CT molecular complexity index is 926. The predicted octanol–water partition coefficient (Wildman–Crippen LogP) is 3.57. The Kier molecular flexibility index (Phi) is 6.94. The Morgan fingerprint density at radius 1 is 1.03 bits per heavy atom. The lowest BCUT2D eigenvalue weighted by Crippen LogP contribution is -2.51. The van der Waals surface area contributed by atoms with E-state index in [9.17, 15) is 27.2 Å². The van der Waals surface area contributed by atoms with E-state index in [-0.39, 0.29) is 30.0 Å². The molecule has 2 aromatic rings. The van der Waals surface area contributed by atoms with Gasteiger partial charge in [-0.1, -0.05) is 30.3 Å². The lowest BCUT2D eigenvalue weighted by molar-refractivity contribution is -0.159. The number of halogens is 4. The average Bonchev–Trinajstić information content (AvgIpc) is 2.73. The summed E-state index contributed by atoms with van der Waals surface area (Å²) in [7, 11) is 0. The summed E-state index contributed by atoms with van der Waals surface area (Å²) in [5.74, 6) is -1.21. The lowest BCUT2D eigenvalue weighted by atomic mass is 10.1. The molecule has 0 aliphatic carbocycles. The van der Waals surface area contributed by atoms with Crippen molar-refractivity contribution >= 4 is 17.4 Å². The third kappa shape index (κ3) is 5.61. The smallest absolute Gasteiger partial charge is 0.366 e. The van der Waals surface area contributed by atoms with Crippen LogP contribution in [0, 0.1) is 5.82 Å². The number of piperazine rings is 1. The molecule has 1 atom stereocenters. The SMILES string of the molecule is CC(=O)c1ccc(N2CCN(C(=O)CNC(c3ccccc3)C(F)(F)F)CC2)c(F)c1. The van der Waals surface area contributed by atoms with Gasteiger partial charge in [0.25, 0.3) is 0 Å². The number of carbonyl (C=O) groups excluding carboxylic acids is 2. The van der Waals surface area contributed by atoms with Crippen LogP contribution in [0.5, 0.6) is 0 Å². The molecule has 0 spiro atoms. The molecule has 1 N–H and O–H groups in total. The van der Waals surface area contributed by atoms with E-state index in [0.717, 1.165) is 0 Å². The molecule has 2 aromatic carbocycles. The van der Waals surface area contributed by atoms with Crippen molar-refractivity contribution in [1.29, 1.82) is 0 Å². The fourth-order valence-corrected chi connectivity index (χ4v) is 3.55. The molecule has 1 aliphatic rings. The minimum atomic E-state index is -4.54. The van der Waals surface area contributed by atoms with Crippen LogP contribution in [0.1, 0.15) is 28.9 Å². The standard InChI is InChI=1S/C22H23F4N3O2/c1-15(30)17-7-8-19(18(23)13-17)28-9-11-29(12-10-28)20(31)14-27-21(22(24,25)26)16-5-3-2-4-6-16/h2-8,13,21,27H,9-12,14H2,1H3. The van der Waals surface area contributed by atoms with Gasteiger partial charge in [0.2, 0.25) is 5.91 Å². The quantitative estimate of drug-likeness (QED) is 0.555. The maximum atomic E-state index is 14.3. The van der Waals surface area contributed by atoms with Crippen LogP contribution >= 0.6 is 0 Å². The molecule has 0 aromatic heterocycles. The molecule has 9 heteroatoms. The summed E-state index contributed by atoms with van der Waals surface area (Å²) in [5, 5.41) is 2.32. The Balaban J connectivity index is 1.57. The third-order valence-electron chi connectivity index (χ3n) is 5.24. The monoisotopic (exact) mass is 437 g/mol. The predicted molar refractivity (Wildman–Crippen MR) is 108 cm³/mol. The Morgan fingerprint density at radius 3 is 2.23 bits per heavy atom. The number of benzene rings is 2. The minimum absolute atomic E-state index is 0.0390. The van der Waals surface area contributed by atoms with Crippen LogP contribution in [0.2, 0.25) is 0 Å². The highest BCUT2D eigenvalue weighted by Gasteiger charge is 2.41. The van der Waals surface area contributed by atoms with Crippen LogP contribution in [0.15, 0.2) is 48.5 Å². The van der Waals surface area contributed by atoms with Crippen molar-refractivity contribution in [3.63, 3.8) is 0 Å². The zero-order valence-corrected chi connectivity index (χ0v) is 17.0. The van der Waals surface area contributed by atoms with Crippen molar-refractivity contribution in [2.24, 2.45) is 0 Å². The number of nitrogens with one attached hydrogen (secondary N) is 1. The number of carbonyl (C=O) groups is 2. The summed E-state index contributed by atoms with van der Waals surface area (Å²) >= 11 is 0. The number of Topliss-reactive ketones (excluding diaryl/α,β-unsaturated/α-hetero) is 1. The van der Waals surface area contributed by atoms with Crippen LogP contribution in [0.3, 0.4) is 0 Å². The van der Waals surface area contributed by atoms with Gasteiger partial charge in [0.15, 0.2) is 5.78 Å². The number of amides is 1. The van der Waals surface area contributed by atoms with E-state index >= 15 is 0 Å². The first kappa shape index (κ1) is 22.7. The summed E-state index contributed by atoms with van der Waals surface area (Å²) in [4.78, 5) is 27.0. The molecule has 1 saturated heterocycles. The third-order valence-corrected chi connectivity index (χ3v) is 5.24. The van der Waals surface area contributed by atoms with Gasteiger partial charge < -0.3 is 9.80 Å². The maximum Gasteiger partial charge on any atom is 0.407 e. The van der Waals surface area contributed by atoms with E-state index in [1.165, 1.54) is 48.2 Å². The highest BCUT2D eigenvalue weighted by Crippen LogP contribution is 2.32. The van der Waals surface area contributed by atoms with Gasteiger partial charge in [0, 0.05) is 31.7 Å². The molecular formula is C22H23F4N3O2. The normalized spacial score (nSPS) is 15.6. The maximum absolute atomic E-state index is 14.3. The Morgan fingerprint density at radius 2 is 1.68 bits per heavy atom. The average molecular weight is 437 g/mol. The van der Waals surface area contributed by atoms with Gasteiger partial charge in [-0.25, -0.2) is 4.39 Å². The number of ketones is 1. The topological polar surface area (TPSA) is 52.7 Å². The number of alkyl halides is 3. The van der Waals surface area contributed by atoms with E-state index in [1.54, 1.807) is 17.0 Å². The van der Waals surface area contributed by atoms with Crippen molar-refractivity contribution in [1.82, 2.24) is 10.2 Å². The first-order valence-electron chi connectivity index (χ1n) is 9.85.